The summed E-state index contributed by atoms with van der Waals surface area (Å²) < 4.78 is 2.71. The molecule has 2 aromatic carbocycles. The molecule has 0 fully saturated rings. The Kier molecular flexibility index (Phi) is 2.39. The average molecular weight is 290 g/mol. The molecule has 0 radical (unpaired) electrons. The van der Waals surface area contributed by atoms with Crippen LogP contribution in [-0.4, -0.2) is 23.4 Å². The van der Waals surface area contributed by atoms with Crippen LogP contribution in [0.5, 0.6) is 5.75 Å². The Balaban J connectivity index is 2.32. The standard InChI is InChI=1S/C13H9NO2Se/c15-10-6-7-11-12(8-10)17-14(13(11)16)9-4-2-1-3-5-9/h1-8,15H. The van der Waals surface area contributed by atoms with Gasteiger partial charge in [0.2, 0.25) is 0 Å². The molecule has 0 saturated heterocycles. The molecule has 0 unspecified atom stereocenters. The van der Waals surface area contributed by atoms with E-state index in [0.717, 1.165) is 9.95 Å². The molecular weight excluding hydrogens is 281 g/mol. The molecule has 0 aliphatic heterocycles. The summed E-state index contributed by atoms with van der Waals surface area (Å²) in [5, 5.41) is 10.1. The number of fused-ring (bicyclic) bond motifs is 1. The van der Waals surface area contributed by atoms with Gasteiger partial charge in [-0.25, -0.2) is 0 Å². The molecule has 1 heterocycles. The SMILES string of the molecule is O=c1c2ccc(O)cc2[se]n1-c1ccccc1. The van der Waals surface area contributed by atoms with E-state index in [1.54, 1.807) is 21.8 Å². The number of benzene rings is 2. The zero-order valence-electron chi connectivity index (χ0n) is 8.83. The van der Waals surface area contributed by atoms with Gasteiger partial charge < -0.3 is 0 Å². The maximum atomic E-state index is 12.2. The molecule has 3 rings (SSSR count). The van der Waals surface area contributed by atoms with Gasteiger partial charge in [0, 0.05) is 0 Å². The predicted molar refractivity (Wildman–Crippen MR) is 68.1 cm³/mol. The van der Waals surface area contributed by atoms with E-state index in [1.807, 2.05) is 30.3 Å². The van der Waals surface area contributed by atoms with Gasteiger partial charge in [0.25, 0.3) is 0 Å². The number of aromatic nitrogens is 1. The van der Waals surface area contributed by atoms with Crippen molar-refractivity contribution in [3.8, 4) is 11.4 Å². The Morgan fingerprint density at radius 1 is 1.06 bits per heavy atom. The molecule has 0 aliphatic rings. The zero-order valence-corrected chi connectivity index (χ0v) is 10.5. The van der Waals surface area contributed by atoms with Gasteiger partial charge in [-0.1, -0.05) is 0 Å². The minimum atomic E-state index is -0.0908. The fourth-order valence-electron chi connectivity index (χ4n) is 1.75. The predicted octanol–water partition coefficient (Wildman–Crippen LogP) is 1.75. The van der Waals surface area contributed by atoms with Gasteiger partial charge in [0.1, 0.15) is 0 Å². The topological polar surface area (TPSA) is 42.2 Å². The third-order valence-electron chi connectivity index (χ3n) is 2.56. The van der Waals surface area contributed by atoms with E-state index in [4.69, 9.17) is 0 Å². The molecule has 0 amide bonds. The van der Waals surface area contributed by atoms with E-state index in [9.17, 15) is 9.90 Å². The summed E-state index contributed by atoms with van der Waals surface area (Å²) in [5.41, 5.74) is 0.930. The summed E-state index contributed by atoms with van der Waals surface area (Å²) >= 11 is -0.0908. The summed E-state index contributed by atoms with van der Waals surface area (Å²) in [6, 6.07) is 14.5. The molecule has 0 atom stereocenters. The van der Waals surface area contributed by atoms with Gasteiger partial charge in [-0.05, 0) is 0 Å². The van der Waals surface area contributed by atoms with Crippen molar-refractivity contribution in [2.24, 2.45) is 0 Å². The van der Waals surface area contributed by atoms with E-state index in [1.165, 1.54) is 0 Å². The summed E-state index contributed by atoms with van der Waals surface area (Å²) in [7, 11) is 0. The van der Waals surface area contributed by atoms with E-state index in [0.29, 0.717) is 5.39 Å². The van der Waals surface area contributed by atoms with Crippen LogP contribution < -0.4 is 5.56 Å². The Bertz CT molecular complexity index is 728. The van der Waals surface area contributed by atoms with Gasteiger partial charge in [0.05, 0.1) is 0 Å². The zero-order chi connectivity index (χ0) is 11.8. The van der Waals surface area contributed by atoms with E-state index in [-0.39, 0.29) is 26.0 Å². The number of phenols is 1. The molecule has 1 aromatic heterocycles. The van der Waals surface area contributed by atoms with Crippen LogP contribution >= 0.6 is 0 Å². The first-order valence-electron chi connectivity index (χ1n) is 5.16. The summed E-state index contributed by atoms with van der Waals surface area (Å²) in [6.07, 6.45) is 0. The van der Waals surface area contributed by atoms with E-state index < -0.39 is 0 Å². The van der Waals surface area contributed by atoms with Gasteiger partial charge in [0.15, 0.2) is 0 Å². The van der Waals surface area contributed by atoms with Crippen molar-refractivity contribution in [3.05, 3.63) is 58.9 Å². The normalized spacial score (nSPS) is 10.8. The molecule has 0 saturated carbocycles. The van der Waals surface area contributed by atoms with E-state index in [2.05, 4.69) is 0 Å². The molecule has 17 heavy (non-hydrogen) atoms. The number of rotatable bonds is 1. The number of hydrogen-bond acceptors (Lipinski definition) is 2. The van der Waals surface area contributed by atoms with Gasteiger partial charge in [-0.15, -0.1) is 0 Å². The minimum absolute atomic E-state index is 0.0196. The van der Waals surface area contributed by atoms with Gasteiger partial charge in [-0.2, -0.15) is 0 Å². The first-order chi connectivity index (χ1) is 8.25. The first-order valence-corrected chi connectivity index (χ1v) is 6.78. The van der Waals surface area contributed by atoms with Gasteiger partial charge >= 0.3 is 103 Å². The molecule has 4 heteroatoms. The van der Waals surface area contributed by atoms with Gasteiger partial charge in [-0.3, -0.25) is 0 Å². The molecule has 0 bridgehead atoms. The fraction of sp³-hybridized carbons (Fsp3) is 0. The Morgan fingerprint density at radius 2 is 1.82 bits per heavy atom. The monoisotopic (exact) mass is 291 g/mol. The van der Waals surface area contributed by atoms with Crippen molar-refractivity contribution < 1.29 is 5.11 Å². The third-order valence-corrected chi connectivity index (χ3v) is 4.86. The molecule has 0 spiro atoms. The van der Waals surface area contributed by atoms with Crippen LogP contribution in [0.3, 0.4) is 0 Å². The Morgan fingerprint density at radius 3 is 2.59 bits per heavy atom. The first kappa shape index (κ1) is 10.4. The summed E-state index contributed by atoms with van der Waals surface area (Å²) in [5.74, 6) is 0.216. The van der Waals surface area contributed by atoms with Crippen molar-refractivity contribution in [2.75, 3.05) is 0 Å². The number of para-hydroxylation sites is 1. The quantitative estimate of drug-likeness (QED) is 0.694. The third kappa shape index (κ3) is 1.71. The second kappa shape index (κ2) is 3.91. The van der Waals surface area contributed by atoms with Crippen LogP contribution in [0.1, 0.15) is 0 Å². The second-order valence-electron chi connectivity index (χ2n) is 3.71. The summed E-state index contributed by atoms with van der Waals surface area (Å²) in [4.78, 5) is 12.2. The molecule has 3 nitrogen and oxygen atoms in total. The number of aromatic hydroxyl groups is 1. The van der Waals surface area contributed by atoms with Crippen molar-refractivity contribution in [2.45, 2.75) is 0 Å². The Hall–Kier alpha value is -1.77. The molecule has 0 aliphatic carbocycles. The molecular formula is C13H9NO2Se. The van der Waals surface area contributed by atoms with Crippen LogP contribution in [0.25, 0.3) is 15.3 Å². The van der Waals surface area contributed by atoms with Crippen molar-refractivity contribution >= 4 is 24.4 Å². The van der Waals surface area contributed by atoms with Crippen LogP contribution in [0, 0.1) is 0 Å². The fourth-order valence-corrected chi connectivity index (χ4v) is 3.91. The number of nitrogens with zero attached hydrogens (tertiary/aromatic N) is 1. The summed E-state index contributed by atoms with van der Waals surface area (Å²) in [6.45, 7) is 0. The number of phenolic OH excluding ortho intramolecular Hbond substituents is 1. The van der Waals surface area contributed by atoms with Crippen LogP contribution in [0.4, 0.5) is 0 Å². The number of hydrogen-bond donors (Lipinski definition) is 1. The van der Waals surface area contributed by atoms with Crippen LogP contribution in [0.15, 0.2) is 53.3 Å². The van der Waals surface area contributed by atoms with Crippen LogP contribution in [-0.2, 0) is 0 Å². The molecule has 1 N–H and O–H groups in total. The Labute approximate surface area is 104 Å². The van der Waals surface area contributed by atoms with Crippen molar-refractivity contribution in [1.29, 1.82) is 0 Å². The van der Waals surface area contributed by atoms with Crippen molar-refractivity contribution in [1.82, 2.24) is 3.56 Å². The maximum absolute atomic E-state index is 12.2. The van der Waals surface area contributed by atoms with E-state index >= 15 is 0 Å². The second-order valence-corrected chi connectivity index (χ2v) is 5.78. The van der Waals surface area contributed by atoms with Crippen molar-refractivity contribution in [3.63, 3.8) is 0 Å². The molecule has 3 aromatic rings. The molecule has 84 valence electrons. The average Bonchev–Trinajstić information content (AvgIpc) is 2.67. The van der Waals surface area contributed by atoms with Crippen LogP contribution in [0.2, 0.25) is 0 Å².